The van der Waals surface area contributed by atoms with Crippen molar-refractivity contribution in [2.24, 2.45) is 0 Å². The number of allylic oxidation sites excluding steroid dienone is 5. The summed E-state index contributed by atoms with van der Waals surface area (Å²) in [4.78, 5) is 50.9. The van der Waals surface area contributed by atoms with Gasteiger partial charge in [-0.1, -0.05) is 49.1 Å². The Balaban J connectivity index is 1.84. The molecule has 1 aromatic heterocycles. The summed E-state index contributed by atoms with van der Waals surface area (Å²) in [7, 11) is -4.56. The summed E-state index contributed by atoms with van der Waals surface area (Å²) in [5, 5.41) is 13.2. The highest BCUT2D eigenvalue weighted by molar-refractivity contribution is 7.51. The third-order valence-electron chi connectivity index (χ3n) is 6.83. The maximum atomic E-state index is 15.7. The lowest BCUT2D eigenvalue weighted by atomic mass is 9.98. The molecule has 1 aromatic carbocycles. The molecule has 3 rings (SSSR count). The summed E-state index contributed by atoms with van der Waals surface area (Å²) in [6.07, 6.45) is 2.39. The number of aliphatic hydroxyl groups excluding tert-OH is 1. The van der Waals surface area contributed by atoms with E-state index in [1.165, 1.54) is 31.2 Å². The van der Waals surface area contributed by atoms with Crippen LogP contribution < -0.4 is 16.3 Å². The number of hydrogen-bond donors (Lipinski definition) is 3. The van der Waals surface area contributed by atoms with Crippen LogP contribution in [0.4, 0.5) is 4.39 Å². The average molecular weight is 676 g/mol. The van der Waals surface area contributed by atoms with Crippen molar-refractivity contribution in [1.29, 1.82) is 0 Å². The molecule has 3 N–H and O–H groups in total. The molecule has 0 saturated carbocycles. The first-order valence-electron chi connectivity index (χ1n) is 14.6. The van der Waals surface area contributed by atoms with E-state index in [1.807, 2.05) is 35.3 Å². The number of hydrogen-bond acceptors (Lipinski definition) is 10. The number of nitrogens with zero attached hydrogens (tertiary/aromatic N) is 1. The first-order valence-corrected chi connectivity index (χ1v) is 16.2. The van der Waals surface area contributed by atoms with Gasteiger partial charge >= 0.3 is 19.4 Å². The largest absolute Gasteiger partial charge is 0.462 e. The van der Waals surface area contributed by atoms with E-state index in [4.69, 9.17) is 18.5 Å². The van der Waals surface area contributed by atoms with Gasteiger partial charge in [-0.15, -0.1) is 0 Å². The molecule has 254 valence electrons. The van der Waals surface area contributed by atoms with Crippen molar-refractivity contribution in [3.05, 3.63) is 111 Å². The normalized spacial score (nSPS) is 23.8. The van der Waals surface area contributed by atoms with Crippen molar-refractivity contribution in [1.82, 2.24) is 14.6 Å². The van der Waals surface area contributed by atoms with Gasteiger partial charge < -0.3 is 19.1 Å². The smallest absolute Gasteiger partial charge is 0.459 e. The number of aromatic amines is 1. The molecule has 2 aromatic rings. The summed E-state index contributed by atoms with van der Waals surface area (Å²) in [6.45, 7) is 10.0. The summed E-state index contributed by atoms with van der Waals surface area (Å²) >= 11 is 0. The lowest BCUT2D eigenvalue weighted by molar-refractivity contribution is -0.149. The Hall–Kier alpha value is -4.20. The summed E-state index contributed by atoms with van der Waals surface area (Å²) in [6, 6.07) is 8.94. The van der Waals surface area contributed by atoms with Crippen LogP contribution in [0.15, 0.2) is 94.4 Å². The predicted molar refractivity (Wildman–Crippen MR) is 172 cm³/mol. The minimum Gasteiger partial charge on any atom is -0.462 e. The standard InChI is InChI=1S/C32H39FN3O10P/c1-7-24(15-13-21(4)25(37)16-14-23-11-9-8-10-12-23)46-47(42,35-22(5)29(40)44-20(2)3)43-19-26-28(39)32(6,33)30(45-26)36-18-17-27(38)34-31(36)41/h7-18,20,22,26,28,30,39H,1,19H2,2-6H3,(H,35,42)(H,34,38,41)/b16-14+,21-13+,24-15+/t22-,26+,28+,30+,32+,47?/m0/s1. The highest BCUT2D eigenvalue weighted by Crippen LogP contribution is 2.49. The lowest BCUT2D eigenvalue weighted by Gasteiger charge is -2.25. The van der Waals surface area contributed by atoms with Gasteiger partial charge in [-0.3, -0.25) is 28.5 Å². The summed E-state index contributed by atoms with van der Waals surface area (Å²) in [5.74, 6) is -1.23. The third kappa shape index (κ3) is 10.1. The maximum absolute atomic E-state index is 15.7. The molecule has 2 heterocycles. The van der Waals surface area contributed by atoms with E-state index in [9.17, 15) is 28.8 Å². The van der Waals surface area contributed by atoms with E-state index in [0.29, 0.717) is 5.57 Å². The number of alkyl halides is 1. The molecule has 6 atom stereocenters. The van der Waals surface area contributed by atoms with E-state index < -0.39 is 67.8 Å². The quantitative estimate of drug-likeness (QED) is 0.0821. The lowest BCUT2D eigenvalue weighted by Crippen LogP contribution is -2.43. The molecule has 1 aliphatic heterocycles. The van der Waals surface area contributed by atoms with Crippen LogP contribution in [-0.4, -0.2) is 63.0 Å². The van der Waals surface area contributed by atoms with Gasteiger partial charge in [0.05, 0.1) is 12.7 Å². The predicted octanol–water partition coefficient (Wildman–Crippen LogP) is 3.89. The molecule has 1 aliphatic rings. The van der Waals surface area contributed by atoms with Crippen molar-refractivity contribution >= 4 is 25.6 Å². The van der Waals surface area contributed by atoms with E-state index in [-0.39, 0.29) is 11.5 Å². The van der Waals surface area contributed by atoms with Crippen molar-refractivity contribution in [2.75, 3.05) is 6.61 Å². The minimum atomic E-state index is -4.56. The molecule has 1 unspecified atom stereocenters. The molecule has 0 spiro atoms. The van der Waals surface area contributed by atoms with Crippen LogP contribution in [0.2, 0.25) is 0 Å². The SMILES string of the molecule is C=C/C(=C\C=C(/C)C(=O)/C=C/c1ccccc1)OP(=O)(N[C@@H](C)C(=O)OC(C)C)OC[C@H]1O[C@@H](n2ccc(=O)[nH]c2=O)[C@](C)(F)[C@@H]1O. The number of carbonyl (C=O) groups excluding carboxylic acids is 2. The van der Waals surface area contributed by atoms with Crippen LogP contribution in [0, 0.1) is 0 Å². The number of carbonyl (C=O) groups is 2. The summed E-state index contributed by atoms with van der Waals surface area (Å²) < 4.78 is 52.4. The highest BCUT2D eigenvalue weighted by Gasteiger charge is 2.56. The van der Waals surface area contributed by atoms with Gasteiger partial charge in [0.15, 0.2) is 17.7 Å². The zero-order valence-electron chi connectivity index (χ0n) is 26.6. The van der Waals surface area contributed by atoms with Gasteiger partial charge in [-0.25, -0.2) is 13.8 Å². The number of rotatable bonds is 15. The molecular formula is C32H39FN3O10P. The number of aromatic nitrogens is 2. The molecule has 13 nitrogen and oxygen atoms in total. The monoisotopic (exact) mass is 675 g/mol. The molecule has 0 radical (unpaired) electrons. The number of esters is 1. The molecule has 1 saturated heterocycles. The number of H-pyrrole nitrogens is 1. The van der Waals surface area contributed by atoms with Crippen LogP contribution in [0.1, 0.15) is 46.4 Å². The molecule has 15 heteroatoms. The Morgan fingerprint density at radius 3 is 2.51 bits per heavy atom. The van der Waals surface area contributed by atoms with Crippen LogP contribution in [-0.2, 0) is 32.7 Å². The summed E-state index contributed by atoms with van der Waals surface area (Å²) in [5.41, 5.74) is -3.13. The highest BCUT2D eigenvalue weighted by atomic mass is 31.2. The van der Waals surface area contributed by atoms with Crippen LogP contribution in [0.5, 0.6) is 0 Å². The van der Waals surface area contributed by atoms with E-state index >= 15 is 4.39 Å². The zero-order valence-corrected chi connectivity index (χ0v) is 27.5. The maximum Gasteiger partial charge on any atom is 0.459 e. The molecular weight excluding hydrogens is 636 g/mol. The zero-order chi connectivity index (χ0) is 34.9. The van der Waals surface area contributed by atoms with Gasteiger partial charge in [-0.2, -0.15) is 5.09 Å². The Morgan fingerprint density at radius 1 is 1.21 bits per heavy atom. The molecule has 0 bridgehead atoms. The first kappa shape index (κ1) is 37.3. The minimum absolute atomic E-state index is 0.134. The second-order valence-corrected chi connectivity index (χ2v) is 12.8. The van der Waals surface area contributed by atoms with Crippen molar-refractivity contribution in [3.8, 4) is 0 Å². The Bertz CT molecular complexity index is 1700. The van der Waals surface area contributed by atoms with E-state index in [2.05, 4.69) is 11.7 Å². The van der Waals surface area contributed by atoms with E-state index in [1.54, 1.807) is 26.8 Å². The Labute approximate surface area is 271 Å². The van der Waals surface area contributed by atoms with E-state index in [0.717, 1.165) is 29.3 Å². The second-order valence-electron chi connectivity index (χ2n) is 11.1. The van der Waals surface area contributed by atoms with Crippen molar-refractivity contribution in [3.63, 3.8) is 0 Å². The fraction of sp³-hybridized carbons (Fsp3) is 0.375. The topological polar surface area (TPSA) is 175 Å². The fourth-order valence-electron chi connectivity index (χ4n) is 4.28. The average Bonchev–Trinajstić information content (AvgIpc) is 3.24. The molecule has 47 heavy (non-hydrogen) atoms. The first-order chi connectivity index (χ1) is 22.1. The molecule has 1 fully saturated rings. The second kappa shape index (κ2) is 16.1. The number of aliphatic hydroxyl groups is 1. The van der Waals surface area contributed by atoms with Gasteiger partial charge in [0.25, 0.3) is 5.56 Å². The fourth-order valence-corrected chi connectivity index (χ4v) is 5.80. The Kier molecular flexibility index (Phi) is 12.7. The number of halogens is 1. The van der Waals surface area contributed by atoms with Crippen molar-refractivity contribution in [2.45, 2.75) is 70.9 Å². The van der Waals surface area contributed by atoms with Gasteiger partial charge in [0, 0.05) is 12.3 Å². The van der Waals surface area contributed by atoms with Crippen LogP contribution >= 0.6 is 7.75 Å². The Morgan fingerprint density at radius 2 is 1.89 bits per heavy atom. The third-order valence-corrected chi connectivity index (χ3v) is 8.47. The number of ketones is 1. The number of benzene rings is 1. The molecule has 0 aliphatic carbocycles. The van der Waals surface area contributed by atoms with Gasteiger partial charge in [0.2, 0.25) is 0 Å². The van der Waals surface area contributed by atoms with Gasteiger partial charge in [-0.05, 0) is 64.0 Å². The van der Waals surface area contributed by atoms with Crippen LogP contribution in [0.25, 0.3) is 6.08 Å². The van der Waals surface area contributed by atoms with Gasteiger partial charge in [0.1, 0.15) is 24.0 Å². The van der Waals surface area contributed by atoms with Crippen LogP contribution in [0.3, 0.4) is 0 Å². The number of ether oxygens (including phenoxy) is 2. The van der Waals surface area contributed by atoms with Crippen molar-refractivity contribution < 1.29 is 42.2 Å². The number of nitrogens with one attached hydrogen (secondary N) is 2. The molecule has 0 amide bonds.